The van der Waals surface area contributed by atoms with Gasteiger partial charge in [-0.1, -0.05) is 38.2 Å². The summed E-state index contributed by atoms with van der Waals surface area (Å²) in [5.41, 5.74) is 5.94. The van der Waals surface area contributed by atoms with Gasteiger partial charge in [0.15, 0.2) is 17.7 Å². The molecule has 0 saturated carbocycles. The standard InChI is InChI=1S/C29H38N2O9/c1-15-9-8-10-23(37-5)27(40-29(30)36)17(3)11-16(2)26(39-7)22(33)12-18(4)25(38-6)20-13-19(32)14-21(24(20)34)31-28(15)35/h8-11,13-14,16,18,23,25-27H,12H2,1-7H3,(H2,30,36)(H,31,35)/b10-8-,15-9+,17-11+/t16-,18-,23-,25+,26+,27-/m0/s1. The highest BCUT2D eigenvalue weighted by molar-refractivity contribution is 6.22. The number of hydrogen-bond acceptors (Lipinski definition) is 9. The highest BCUT2D eigenvalue weighted by atomic mass is 16.6. The summed E-state index contributed by atoms with van der Waals surface area (Å²) in [6, 6.07) is 0. The van der Waals surface area contributed by atoms with E-state index in [2.05, 4.69) is 5.32 Å². The zero-order valence-electron chi connectivity index (χ0n) is 23.9. The van der Waals surface area contributed by atoms with Crippen molar-refractivity contribution in [2.75, 3.05) is 21.3 Å². The van der Waals surface area contributed by atoms with Gasteiger partial charge in [-0.05, 0) is 31.4 Å². The maximum absolute atomic E-state index is 13.4. The molecular weight excluding hydrogens is 520 g/mol. The summed E-state index contributed by atoms with van der Waals surface area (Å²) in [5, 5.41) is 2.49. The summed E-state index contributed by atoms with van der Waals surface area (Å²) in [4.78, 5) is 63.6. The van der Waals surface area contributed by atoms with E-state index in [0.29, 0.717) is 5.57 Å². The van der Waals surface area contributed by atoms with E-state index in [0.717, 1.165) is 12.2 Å². The molecule has 1 aliphatic carbocycles. The first-order valence-corrected chi connectivity index (χ1v) is 12.8. The van der Waals surface area contributed by atoms with Gasteiger partial charge >= 0.3 is 6.09 Å². The van der Waals surface area contributed by atoms with Gasteiger partial charge in [0.2, 0.25) is 5.78 Å². The van der Waals surface area contributed by atoms with Gasteiger partial charge in [-0.2, -0.15) is 0 Å². The van der Waals surface area contributed by atoms with Crippen LogP contribution in [0, 0.1) is 11.8 Å². The molecular formula is C29H38N2O9. The molecule has 0 spiro atoms. The number of nitrogens with one attached hydrogen (secondary N) is 1. The molecule has 0 saturated heterocycles. The number of ether oxygens (including phenoxy) is 4. The van der Waals surface area contributed by atoms with Crippen molar-refractivity contribution in [2.24, 2.45) is 17.6 Å². The highest BCUT2D eigenvalue weighted by Crippen LogP contribution is 2.27. The Morgan fingerprint density at radius 1 is 0.950 bits per heavy atom. The number of methoxy groups -OCH3 is 3. The van der Waals surface area contributed by atoms with Gasteiger partial charge in [-0.25, -0.2) is 4.79 Å². The molecule has 2 bridgehead atoms. The average Bonchev–Trinajstić information content (AvgIpc) is 2.87. The number of hydrogen-bond donors (Lipinski definition) is 2. The number of carbonyl (C=O) groups excluding carboxylic acids is 5. The predicted molar refractivity (Wildman–Crippen MR) is 146 cm³/mol. The summed E-state index contributed by atoms with van der Waals surface area (Å²) in [5.74, 6) is -2.93. The second kappa shape index (κ2) is 14.6. The maximum Gasteiger partial charge on any atom is 0.405 e. The van der Waals surface area contributed by atoms with Crippen LogP contribution in [0.2, 0.25) is 0 Å². The number of ketones is 3. The van der Waals surface area contributed by atoms with Gasteiger partial charge in [0, 0.05) is 50.9 Å². The van der Waals surface area contributed by atoms with Crippen LogP contribution in [0.4, 0.5) is 4.79 Å². The minimum atomic E-state index is -1.02. The number of allylic oxidation sites excluding steroid dienone is 5. The predicted octanol–water partition coefficient (Wildman–Crippen LogP) is 2.27. The number of nitrogens with two attached hydrogens (primary N) is 1. The molecule has 0 fully saturated rings. The molecule has 11 heteroatoms. The summed E-state index contributed by atoms with van der Waals surface area (Å²) < 4.78 is 22.0. The SMILES string of the molecule is CO[C@H]1/C=C\C=C(/C)C(=O)NC2=CC(=O)C=C(C2=O)[C@H](OC)[C@@H](C)CC(=O)[C@H](OC)[C@@H](C)/C=C(\C)[C@@H]1OC(N)=O. The van der Waals surface area contributed by atoms with Crippen molar-refractivity contribution >= 4 is 29.4 Å². The maximum atomic E-state index is 13.4. The van der Waals surface area contributed by atoms with E-state index in [4.69, 9.17) is 24.7 Å². The normalized spacial score (nSPS) is 32.6. The fraction of sp³-hybridized carbons (Fsp3) is 0.483. The Morgan fingerprint density at radius 3 is 2.17 bits per heavy atom. The first-order valence-electron chi connectivity index (χ1n) is 12.8. The van der Waals surface area contributed by atoms with Crippen LogP contribution >= 0.6 is 0 Å². The van der Waals surface area contributed by atoms with Crippen LogP contribution in [0.3, 0.4) is 0 Å². The van der Waals surface area contributed by atoms with E-state index >= 15 is 0 Å². The van der Waals surface area contributed by atoms with Crippen molar-refractivity contribution in [3.63, 3.8) is 0 Å². The van der Waals surface area contributed by atoms with Crippen LogP contribution in [0.1, 0.15) is 34.1 Å². The number of fused-ring (bicyclic) bond motifs is 2. The third-order valence-electron chi connectivity index (χ3n) is 6.78. The molecule has 40 heavy (non-hydrogen) atoms. The van der Waals surface area contributed by atoms with Gasteiger partial charge in [-0.3, -0.25) is 19.2 Å². The quantitative estimate of drug-likeness (QED) is 0.390. The highest BCUT2D eigenvalue weighted by Gasteiger charge is 2.35. The summed E-state index contributed by atoms with van der Waals surface area (Å²) in [6.07, 6.45) is 3.96. The summed E-state index contributed by atoms with van der Waals surface area (Å²) in [7, 11) is 4.21. The second-order valence-electron chi connectivity index (χ2n) is 9.87. The Morgan fingerprint density at radius 2 is 1.60 bits per heavy atom. The van der Waals surface area contributed by atoms with Crippen LogP contribution in [-0.2, 0) is 38.1 Å². The molecule has 0 radical (unpaired) electrons. The van der Waals surface area contributed by atoms with Crippen molar-refractivity contribution in [2.45, 2.75) is 58.5 Å². The minimum absolute atomic E-state index is 0.0368. The monoisotopic (exact) mass is 558 g/mol. The van der Waals surface area contributed by atoms with Crippen LogP contribution in [0.5, 0.6) is 0 Å². The number of carbonyl (C=O) groups is 5. The lowest BCUT2D eigenvalue weighted by Gasteiger charge is -2.28. The number of Topliss-reactive ketones (excluding diaryl/α,β-unsaturated/α-hetero) is 2. The van der Waals surface area contributed by atoms with Gasteiger partial charge in [0.1, 0.15) is 12.2 Å². The van der Waals surface area contributed by atoms with Gasteiger partial charge in [-0.15, -0.1) is 0 Å². The van der Waals surface area contributed by atoms with Crippen LogP contribution in [0.25, 0.3) is 0 Å². The first-order chi connectivity index (χ1) is 18.8. The molecule has 0 aromatic rings. The van der Waals surface area contributed by atoms with Crippen molar-refractivity contribution in [3.8, 4) is 0 Å². The number of rotatable bonds is 4. The molecule has 1 aliphatic heterocycles. The number of amides is 2. The summed E-state index contributed by atoms with van der Waals surface area (Å²) in [6.45, 7) is 6.74. The Bertz CT molecular complexity index is 1180. The third-order valence-corrected chi connectivity index (χ3v) is 6.78. The van der Waals surface area contributed by atoms with E-state index in [9.17, 15) is 24.0 Å². The average molecular weight is 559 g/mol. The Hall–Kier alpha value is -3.67. The van der Waals surface area contributed by atoms with Gasteiger partial charge < -0.3 is 30.0 Å². The molecule has 6 atom stereocenters. The Kier molecular flexibility index (Phi) is 11.9. The Labute approximate surface area is 234 Å². The fourth-order valence-corrected chi connectivity index (χ4v) is 4.82. The first kappa shape index (κ1) is 32.5. The zero-order chi connectivity index (χ0) is 30.1. The molecule has 3 N–H and O–H groups in total. The topological polar surface area (TPSA) is 160 Å². The molecule has 0 unspecified atom stereocenters. The van der Waals surface area contributed by atoms with E-state index < -0.39 is 59.8 Å². The van der Waals surface area contributed by atoms with Gasteiger partial charge in [0.25, 0.3) is 5.91 Å². The molecule has 218 valence electrons. The molecule has 0 aromatic heterocycles. The van der Waals surface area contributed by atoms with Gasteiger partial charge in [0.05, 0.1) is 11.8 Å². The van der Waals surface area contributed by atoms with Crippen molar-refractivity contribution in [3.05, 3.63) is 58.9 Å². The van der Waals surface area contributed by atoms with Crippen molar-refractivity contribution in [1.82, 2.24) is 5.32 Å². The largest absolute Gasteiger partial charge is 0.439 e. The summed E-state index contributed by atoms with van der Waals surface area (Å²) >= 11 is 0. The van der Waals surface area contributed by atoms with Crippen LogP contribution in [-0.4, -0.2) is 75.1 Å². The lowest BCUT2D eigenvalue weighted by atomic mass is 9.84. The smallest absolute Gasteiger partial charge is 0.405 e. The second-order valence-corrected chi connectivity index (χ2v) is 9.87. The van der Waals surface area contributed by atoms with E-state index in [1.807, 2.05) is 0 Å². The zero-order valence-corrected chi connectivity index (χ0v) is 23.9. The molecule has 1 heterocycles. The van der Waals surface area contributed by atoms with Crippen molar-refractivity contribution in [1.29, 1.82) is 0 Å². The van der Waals surface area contributed by atoms with E-state index in [-0.39, 0.29) is 29.0 Å². The lowest BCUT2D eigenvalue weighted by molar-refractivity contribution is -0.132. The van der Waals surface area contributed by atoms with Crippen LogP contribution < -0.4 is 11.1 Å². The van der Waals surface area contributed by atoms with E-state index in [1.54, 1.807) is 32.9 Å². The fourth-order valence-electron chi connectivity index (χ4n) is 4.82. The molecule has 2 rings (SSSR count). The molecule has 0 aromatic carbocycles. The van der Waals surface area contributed by atoms with Crippen LogP contribution in [0.15, 0.2) is 58.9 Å². The molecule has 11 nitrogen and oxygen atoms in total. The molecule has 2 amide bonds. The lowest BCUT2D eigenvalue weighted by Crippen LogP contribution is -2.38. The molecule has 2 aliphatic rings. The van der Waals surface area contributed by atoms with E-state index in [1.165, 1.54) is 40.4 Å². The third kappa shape index (κ3) is 8.17. The number of primary amides is 1. The van der Waals surface area contributed by atoms with Crippen molar-refractivity contribution < 1.29 is 42.9 Å². The minimum Gasteiger partial charge on any atom is -0.439 e. The Balaban J connectivity index is 2.63.